The van der Waals surface area contributed by atoms with Crippen molar-refractivity contribution in [3.05, 3.63) is 53.9 Å². The number of hydrogen-bond acceptors (Lipinski definition) is 5. The number of carbonyl (C=O) groups is 1. The molecule has 2 atom stereocenters. The second-order valence-electron chi connectivity index (χ2n) is 10.4. The number of nitrogens with two attached hydrogens (primary N) is 2. The van der Waals surface area contributed by atoms with Crippen LogP contribution < -0.4 is 16.8 Å². The molecule has 1 aromatic carbocycles. The predicted octanol–water partition coefficient (Wildman–Crippen LogP) is 3.65. The van der Waals surface area contributed by atoms with Crippen molar-refractivity contribution in [1.82, 2.24) is 9.61 Å². The van der Waals surface area contributed by atoms with Crippen molar-refractivity contribution in [2.24, 2.45) is 16.9 Å². The van der Waals surface area contributed by atoms with Gasteiger partial charge in [0, 0.05) is 28.8 Å². The summed E-state index contributed by atoms with van der Waals surface area (Å²) < 4.78 is 1.76. The molecule has 170 valence electrons. The van der Waals surface area contributed by atoms with E-state index in [9.17, 15) is 9.90 Å². The summed E-state index contributed by atoms with van der Waals surface area (Å²) in [6, 6.07) is 9.88. The van der Waals surface area contributed by atoms with Crippen LogP contribution in [0.25, 0.3) is 16.6 Å². The average Bonchev–Trinajstić information content (AvgIpc) is 3.22. The van der Waals surface area contributed by atoms with Gasteiger partial charge in [0.1, 0.15) is 0 Å². The highest BCUT2D eigenvalue weighted by atomic mass is 16.3. The lowest BCUT2D eigenvalue weighted by atomic mass is 9.75. The van der Waals surface area contributed by atoms with E-state index >= 15 is 0 Å². The van der Waals surface area contributed by atoms with Crippen molar-refractivity contribution < 1.29 is 9.90 Å². The Morgan fingerprint density at radius 2 is 1.88 bits per heavy atom. The first-order chi connectivity index (χ1) is 14.8. The molecule has 7 heteroatoms. The second kappa shape index (κ2) is 7.32. The van der Waals surface area contributed by atoms with Gasteiger partial charge in [-0.2, -0.15) is 5.10 Å². The summed E-state index contributed by atoms with van der Waals surface area (Å²) in [4.78, 5) is 12.2. The molecule has 0 saturated heterocycles. The van der Waals surface area contributed by atoms with E-state index in [1.807, 2.05) is 36.5 Å². The van der Waals surface area contributed by atoms with Gasteiger partial charge in [-0.1, -0.05) is 38.1 Å². The molecule has 1 amide bonds. The number of anilines is 1. The quantitative estimate of drug-likeness (QED) is 0.488. The molecular weight excluding hydrogens is 402 g/mol. The monoisotopic (exact) mass is 435 g/mol. The number of nitrogens with zero attached hydrogens (tertiary/aromatic N) is 2. The van der Waals surface area contributed by atoms with Crippen molar-refractivity contribution in [1.29, 1.82) is 0 Å². The molecule has 1 aliphatic rings. The van der Waals surface area contributed by atoms with Gasteiger partial charge in [0.2, 0.25) is 0 Å². The minimum atomic E-state index is -0.898. The SMILES string of the molecule is CC(C)(O)c1ccc(-c2cc3c(N[C@@H]4CC[C@](C)(N)C4(C)C)c(C(N)=O)cnn3c2)cc1. The summed E-state index contributed by atoms with van der Waals surface area (Å²) in [7, 11) is 0. The number of aromatic nitrogens is 2. The third-order valence-corrected chi connectivity index (χ3v) is 7.44. The van der Waals surface area contributed by atoms with Crippen LogP contribution in [0.15, 0.2) is 42.7 Å². The molecule has 3 aromatic rings. The normalized spacial score (nSPS) is 22.9. The zero-order chi connectivity index (χ0) is 23.5. The van der Waals surface area contributed by atoms with Crippen molar-refractivity contribution in [3.8, 4) is 11.1 Å². The van der Waals surface area contributed by atoms with Gasteiger partial charge in [-0.05, 0) is 50.8 Å². The zero-order valence-corrected chi connectivity index (χ0v) is 19.4. The van der Waals surface area contributed by atoms with Crippen LogP contribution in [-0.4, -0.2) is 32.2 Å². The fourth-order valence-electron chi connectivity index (χ4n) is 4.58. The Labute approximate surface area is 188 Å². The number of benzene rings is 1. The van der Waals surface area contributed by atoms with Gasteiger partial charge in [0.15, 0.2) is 0 Å². The number of primary amides is 1. The van der Waals surface area contributed by atoms with Gasteiger partial charge in [-0.3, -0.25) is 4.79 Å². The van der Waals surface area contributed by atoms with Crippen LogP contribution in [0.4, 0.5) is 5.69 Å². The number of amides is 1. The molecule has 0 aliphatic heterocycles. The smallest absolute Gasteiger partial charge is 0.252 e. The molecular formula is C25H33N5O2. The number of fused-ring (bicyclic) bond motifs is 1. The summed E-state index contributed by atoms with van der Waals surface area (Å²) in [5.41, 5.74) is 15.5. The highest BCUT2D eigenvalue weighted by molar-refractivity contribution is 6.02. The Morgan fingerprint density at radius 1 is 1.22 bits per heavy atom. The second-order valence-corrected chi connectivity index (χ2v) is 10.4. The molecule has 32 heavy (non-hydrogen) atoms. The van der Waals surface area contributed by atoms with Crippen molar-refractivity contribution in [2.45, 2.75) is 64.6 Å². The number of aliphatic hydroxyl groups is 1. The summed E-state index contributed by atoms with van der Waals surface area (Å²) >= 11 is 0. The molecule has 0 unspecified atom stereocenters. The van der Waals surface area contributed by atoms with Gasteiger partial charge in [-0.25, -0.2) is 4.52 Å². The Bertz CT molecular complexity index is 1170. The first kappa shape index (κ1) is 22.3. The third-order valence-electron chi connectivity index (χ3n) is 7.44. The van der Waals surface area contributed by atoms with Crippen LogP contribution in [0, 0.1) is 5.41 Å². The van der Waals surface area contributed by atoms with E-state index in [0.29, 0.717) is 11.3 Å². The standard InChI is InChI=1S/C25H33N5O2/c1-23(2)20(10-11-25(23,5)27)29-21-18(22(26)31)13-28-30-14-16(12-19(21)30)15-6-8-17(9-7-15)24(3,4)32/h6-9,12-14,20,29,32H,10-11,27H2,1-5H3,(H2,26,31)/t20-,25+/m1/s1. The van der Waals surface area contributed by atoms with Gasteiger partial charge in [0.05, 0.1) is 28.6 Å². The van der Waals surface area contributed by atoms with Gasteiger partial charge >= 0.3 is 0 Å². The summed E-state index contributed by atoms with van der Waals surface area (Å²) in [6.45, 7) is 9.93. The summed E-state index contributed by atoms with van der Waals surface area (Å²) in [6.07, 6.45) is 5.24. The fraction of sp³-hybridized carbons (Fsp3) is 0.440. The van der Waals surface area contributed by atoms with Crippen LogP contribution in [0.2, 0.25) is 0 Å². The van der Waals surface area contributed by atoms with Crippen LogP contribution in [0.1, 0.15) is 63.4 Å². The van der Waals surface area contributed by atoms with Crippen LogP contribution in [0.3, 0.4) is 0 Å². The Morgan fingerprint density at radius 3 is 2.41 bits per heavy atom. The van der Waals surface area contributed by atoms with Crippen LogP contribution >= 0.6 is 0 Å². The lowest BCUT2D eigenvalue weighted by molar-refractivity contribution is 0.0786. The third kappa shape index (κ3) is 3.65. The average molecular weight is 436 g/mol. The van der Waals surface area contributed by atoms with E-state index in [2.05, 4.69) is 31.2 Å². The summed E-state index contributed by atoms with van der Waals surface area (Å²) in [5, 5.41) is 18.2. The minimum absolute atomic E-state index is 0.0891. The molecule has 0 radical (unpaired) electrons. The van der Waals surface area contributed by atoms with E-state index in [1.165, 1.54) is 6.20 Å². The molecule has 4 rings (SSSR count). The topological polar surface area (TPSA) is 119 Å². The first-order valence-corrected chi connectivity index (χ1v) is 11.0. The zero-order valence-electron chi connectivity index (χ0n) is 19.4. The Balaban J connectivity index is 1.78. The van der Waals surface area contributed by atoms with E-state index < -0.39 is 11.5 Å². The number of hydrogen-bond donors (Lipinski definition) is 4. The molecule has 2 heterocycles. The van der Waals surface area contributed by atoms with E-state index in [0.717, 1.165) is 35.0 Å². The molecule has 0 bridgehead atoms. The van der Waals surface area contributed by atoms with E-state index in [1.54, 1.807) is 18.4 Å². The Hall–Kier alpha value is -2.90. The maximum atomic E-state index is 12.2. The molecule has 1 saturated carbocycles. The predicted molar refractivity (Wildman–Crippen MR) is 127 cm³/mol. The van der Waals surface area contributed by atoms with Gasteiger partial charge in [-0.15, -0.1) is 0 Å². The molecule has 6 N–H and O–H groups in total. The number of rotatable bonds is 5. The van der Waals surface area contributed by atoms with Crippen LogP contribution in [-0.2, 0) is 5.60 Å². The van der Waals surface area contributed by atoms with Gasteiger partial charge < -0.3 is 21.9 Å². The lowest BCUT2D eigenvalue weighted by Crippen LogP contribution is -2.51. The van der Waals surface area contributed by atoms with Crippen LogP contribution in [0.5, 0.6) is 0 Å². The van der Waals surface area contributed by atoms with Crippen molar-refractivity contribution in [3.63, 3.8) is 0 Å². The largest absolute Gasteiger partial charge is 0.386 e. The number of carbonyl (C=O) groups excluding carboxylic acids is 1. The van der Waals surface area contributed by atoms with Crippen molar-refractivity contribution >= 4 is 17.1 Å². The molecule has 1 fully saturated rings. The molecule has 7 nitrogen and oxygen atoms in total. The molecule has 1 aliphatic carbocycles. The fourth-order valence-corrected chi connectivity index (χ4v) is 4.58. The summed E-state index contributed by atoms with van der Waals surface area (Å²) in [5.74, 6) is -0.522. The minimum Gasteiger partial charge on any atom is -0.386 e. The number of nitrogens with one attached hydrogen (secondary N) is 1. The molecule has 2 aromatic heterocycles. The van der Waals surface area contributed by atoms with E-state index in [4.69, 9.17) is 11.5 Å². The van der Waals surface area contributed by atoms with Gasteiger partial charge in [0.25, 0.3) is 5.91 Å². The highest BCUT2D eigenvalue weighted by Crippen LogP contribution is 2.46. The van der Waals surface area contributed by atoms with E-state index in [-0.39, 0.29) is 17.0 Å². The molecule has 0 spiro atoms. The van der Waals surface area contributed by atoms with Crippen molar-refractivity contribution in [2.75, 3.05) is 5.32 Å². The lowest BCUT2D eigenvalue weighted by Gasteiger charge is -2.39. The first-order valence-electron chi connectivity index (χ1n) is 11.0. The Kier molecular flexibility index (Phi) is 5.10. The maximum absolute atomic E-state index is 12.2. The maximum Gasteiger partial charge on any atom is 0.252 e. The highest BCUT2D eigenvalue weighted by Gasteiger charge is 2.49.